The Kier molecular flexibility index (Phi) is 6.87. The van der Waals surface area contributed by atoms with Gasteiger partial charge in [0.1, 0.15) is 11.6 Å². The van der Waals surface area contributed by atoms with Crippen molar-refractivity contribution in [1.82, 2.24) is 5.32 Å². The highest BCUT2D eigenvalue weighted by Gasteiger charge is 2.40. The van der Waals surface area contributed by atoms with Gasteiger partial charge in [-0.05, 0) is 38.9 Å². The smallest absolute Gasteiger partial charge is 0.408 e. The van der Waals surface area contributed by atoms with E-state index >= 15 is 0 Å². The number of amides is 1. The van der Waals surface area contributed by atoms with Gasteiger partial charge in [0.2, 0.25) is 0 Å². The van der Waals surface area contributed by atoms with E-state index in [1.54, 1.807) is 20.8 Å². The number of alkyl carbamates (subject to hydrolysis) is 1. The van der Waals surface area contributed by atoms with Gasteiger partial charge in [-0.25, -0.2) is 4.79 Å². The maximum absolute atomic E-state index is 11.7. The van der Waals surface area contributed by atoms with Crippen molar-refractivity contribution < 1.29 is 24.2 Å². The Morgan fingerprint density at radius 3 is 2.00 bits per heavy atom. The zero-order valence-corrected chi connectivity index (χ0v) is 15.5. The van der Waals surface area contributed by atoms with Gasteiger partial charge in [-0.1, -0.05) is 20.8 Å². The number of hydrogen-bond acceptors (Lipinski definition) is 5. The molecule has 0 heterocycles. The van der Waals surface area contributed by atoms with E-state index in [2.05, 4.69) is 5.32 Å². The molecule has 0 saturated heterocycles. The van der Waals surface area contributed by atoms with Gasteiger partial charge >= 0.3 is 6.09 Å². The molecule has 7 heteroatoms. The number of hydrogen-bond donors (Lipinski definition) is 3. The largest absolute Gasteiger partial charge is 0.444 e. The lowest BCUT2D eigenvalue weighted by Gasteiger charge is -2.39. The minimum Gasteiger partial charge on any atom is -0.444 e. The first-order valence-electron chi connectivity index (χ1n) is 7.16. The van der Waals surface area contributed by atoms with Crippen LogP contribution in [0.15, 0.2) is 0 Å². The summed E-state index contributed by atoms with van der Waals surface area (Å²) in [5.74, 6) is 0. The monoisotopic (exact) mass is 321 g/mol. The average Bonchev–Trinajstić information content (AvgIpc) is 2.20. The molecule has 2 unspecified atom stereocenters. The minimum atomic E-state index is -2.20. The Hall–Kier alpha value is -0.633. The number of rotatable bonds is 5. The fourth-order valence-corrected chi connectivity index (χ4v) is 2.35. The van der Waals surface area contributed by atoms with Gasteiger partial charge in [0, 0.05) is 0 Å². The molecule has 3 N–H and O–H groups in total. The van der Waals surface area contributed by atoms with E-state index in [0.29, 0.717) is 0 Å². The van der Waals surface area contributed by atoms with Crippen LogP contribution in [0, 0.1) is 0 Å². The summed E-state index contributed by atoms with van der Waals surface area (Å²) in [6.07, 6.45) is -1.97. The van der Waals surface area contributed by atoms with Gasteiger partial charge < -0.3 is 24.7 Å². The van der Waals surface area contributed by atoms with Gasteiger partial charge in [0.15, 0.2) is 14.6 Å². The lowest BCUT2D eigenvalue weighted by atomic mass is 10.2. The second kappa shape index (κ2) is 7.08. The molecule has 6 nitrogen and oxygen atoms in total. The van der Waals surface area contributed by atoms with Gasteiger partial charge in [-0.15, -0.1) is 0 Å². The van der Waals surface area contributed by atoms with E-state index in [0.717, 1.165) is 0 Å². The van der Waals surface area contributed by atoms with Gasteiger partial charge in [-0.2, -0.15) is 0 Å². The standard InChI is InChI=1S/C14H31NO5Si/c1-13(2,3)19-12(18)15-10(9-16)11(17)20-21(7,8)14(4,5)6/h10-11,16-17H,9H2,1-8H3,(H,15,18). The fraction of sp³-hybridized carbons (Fsp3) is 0.929. The normalized spacial score (nSPS) is 16.3. The van der Waals surface area contributed by atoms with E-state index in [4.69, 9.17) is 9.16 Å². The SMILES string of the molecule is CC(C)(C)OC(=O)NC(CO)C(O)O[Si](C)(C)C(C)(C)C. The Morgan fingerprint density at radius 1 is 1.19 bits per heavy atom. The summed E-state index contributed by atoms with van der Waals surface area (Å²) in [6, 6.07) is -0.922. The van der Waals surface area contributed by atoms with E-state index in [1.165, 1.54) is 0 Å². The summed E-state index contributed by atoms with van der Waals surface area (Å²) < 4.78 is 10.9. The van der Waals surface area contributed by atoms with Crippen LogP contribution in [0.4, 0.5) is 4.79 Å². The van der Waals surface area contributed by atoms with Crippen LogP contribution in [0.1, 0.15) is 41.5 Å². The van der Waals surface area contributed by atoms with Crippen molar-refractivity contribution in [3.8, 4) is 0 Å². The van der Waals surface area contributed by atoms with Crippen molar-refractivity contribution >= 4 is 14.4 Å². The molecule has 0 aliphatic rings. The van der Waals surface area contributed by atoms with Gasteiger partial charge in [0.25, 0.3) is 0 Å². The number of carbonyl (C=O) groups is 1. The quantitative estimate of drug-likeness (QED) is 0.534. The van der Waals surface area contributed by atoms with Crippen molar-refractivity contribution in [2.45, 2.75) is 77.6 Å². The second-order valence-corrected chi connectivity index (χ2v) is 12.5. The first-order valence-corrected chi connectivity index (χ1v) is 10.1. The maximum Gasteiger partial charge on any atom is 0.408 e. The van der Waals surface area contributed by atoms with Crippen LogP contribution in [0.2, 0.25) is 18.1 Å². The number of aliphatic hydroxyl groups is 2. The van der Waals surface area contributed by atoms with Crippen LogP contribution in [0.3, 0.4) is 0 Å². The molecule has 0 aromatic heterocycles. The number of aliphatic hydroxyl groups excluding tert-OH is 2. The van der Waals surface area contributed by atoms with Gasteiger partial charge in [-0.3, -0.25) is 0 Å². The molecule has 21 heavy (non-hydrogen) atoms. The third-order valence-electron chi connectivity index (χ3n) is 3.46. The molecule has 0 bridgehead atoms. The number of carbonyl (C=O) groups excluding carboxylic acids is 1. The fourth-order valence-electron chi connectivity index (χ4n) is 1.23. The summed E-state index contributed by atoms with van der Waals surface area (Å²) in [5, 5.41) is 21.8. The van der Waals surface area contributed by atoms with Crippen LogP contribution >= 0.6 is 0 Å². The van der Waals surface area contributed by atoms with Gasteiger partial charge in [0.05, 0.1) is 6.61 Å². The van der Waals surface area contributed by atoms with Crippen molar-refractivity contribution in [2.24, 2.45) is 0 Å². The molecule has 0 radical (unpaired) electrons. The minimum absolute atomic E-state index is 0.0834. The molecule has 2 atom stereocenters. The zero-order chi connectivity index (χ0) is 17.1. The van der Waals surface area contributed by atoms with E-state index in [9.17, 15) is 15.0 Å². The highest BCUT2D eigenvalue weighted by Crippen LogP contribution is 2.37. The molecule has 126 valence electrons. The molecule has 0 aliphatic carbocycles. The summed E-state index contributed by atoms with van der Waals surface area (Å²) >= 11 is 0. The van der Waals surface area contributed by atoms with Crippen molar-refractivity contribution in [3.05, 3.63) is 0 Å². The Labute approximate surface area is 129 Å². The highest BCUT2D eigenvalue weighted by atomic mass is 28.4. The van der Waals surface area contributed by atoms with Crippen LogP contribution in [-0.2, 0) is 9.16 Å². The Morgan fingerprint density at radius 2 is 1.67 bits per heavy atom. The summed E-state index contributed by atoms with van der Waals surface area (Å²) in [7, 11) is -2.20. The first kappa shape index (κ1) is 20.4. The molecule has 0 aliphatic heterocycles. The van der Waals surface area contributed by atoms with E-state index in [-0.39, 0.29) is 5.04 Å². The van der Waals surface area contributed by atoms with Crippen LogP contribution in [0.25, 0.3) is 0 Å². The van der Waals surface area contributed by atoms with Crippen LogP contribution in [0.5, 0.6) is 0 Å². The molecule has 0 rings (SSSR count). The summed E-state index contributed by atoms with van der Waals surface area (Å²) in [5.41, 5.74) is -0.644. The molecule has 0 saturated carbocycles. The Bertz CT molecular complexity index is 346. The maximum atomic E-state index is 11.7. The van der Waals surface area contributed by atoms with Crippen molar-refractivity contribution in [2.75, 3.05) is 6.61 Å². The lowest BCUT2D eigenvalue weighted by molar-refractivity contribution is -0.0683. The first-order chi connectivity index (χ1) is 9.19. The third kappa shape index (κ3) is 7.26. The highest BCUT2D eigenvalue weighted by molar-refractivity contribution is 6.74. The zero-order valence-electron chi connectivity index (χ0n) is 14.5. The topological polar surface area (TPSA) is 88.0 Å². The molecule has 1 amide bonds. The molecule has 0 aromatic rings. The predicted molar refractivity (Wildman–Crippen MR) is 84.5 cm³/mol. The van der Waals surface area contributed by atoms with Crippen LogP contribution in [-0.4, -0.2) is 49.2 Å². The van der Waals surface area contributed by atoms with Crippen molar-refractivity contribution in [3.63, 3.8) is 0 Å². The van der Waals surface area contributed by atoms with E-state index < -0.39 is 39.0 Å². The number of nitrogens with one attached hydrogen (secondary N) is 1. The summed E-state index contributed by atoms with van der Waals surface area (Å²) in [4.78, 5) is 11.7. The predicted octanol–water partition coefficient (Wildman–Crippen LogP) is 2.21. The molecular formula is C14H31NO5Si. The average molecular weight is 321 g/mol. The molecule has 0 aromatic carbocycles. The number of ether oxygens (including phenoxy) is 1. The third-order valence-corrected chi connectivity index (χ3v) is 7.91. The van der Waals surface area contributed by atoms with E-state index in [1.807, 2.05) is 33.9 Å². The second-order valence-electron chi connectivity index (χ2n) is 7.70. The molecule has 0 fully saturated rings. The van der Waals surface area contributed by atoms with Crippen LogP contribution < -0.4 is 5.32 Å². The molecule has 0 spiro atoms. The lowest BCUT2D eigenvalue weighted by Crippen LogP contribution is -2.53. The Balaban J connectivity index is 4.71. The summed E-state index contributed by atoms with van der Waals surface area (Å²) in [6.45, 7) is 14.9. The molecular weight excluding hydrogens is 290 g/mol. The van der Waals surface area contributed by atoms with Crippen molar-refractivity contribution in [1.29, 1.82) is 0 Å².